The number of carbonyl (C=O) groups excluding carboxylic acids is 1. The van der Waals surface area contributed by atoms with E-state index in [-0.39, 0.29) is 24.4 Å². The van der Waals surface area contributed by atoms with Crippen molar-refractivity contribution in [1.29, 1.82) is 0 Å². The van der Waals surface area contributed by atoms with Gasteiger partial charge in [0.2, 0.25) is 5.91 Å². The number of halogens is 1. The molecule has 1 aliphatic heterocycles. The van der Waals surface area contributed by atoms with Crippen molar-refractivity contribution in [3.05, 3.63) is 107 Å². The van der Waals surface area contributed by atoms with Gasteiger partial charge in [0, 0.05) is 35.4 Å². The number of nitrogens with zero attached hydrogens (tertiary/aromatic N) is 2. The molecule has 0 bridgehead atoms. The molecule has 0 radical (unpaired) electrons. The van der Waals surface area contributed by atoms with E-state index in [2.05, 4.69) is 15.6 Å². The highest BCUT2D eigenvalue weighted by atomic mass is 35.5. The predicted octanol–water partition coefficient (Wildman–Crippen LogP) is 6.30. The number of hydrogen-bond acceptors (Lipinski definition) is 4. The SMILES string of the molecule is Cc1ccc(Cl)cc1-c1ccc([C@H]2[C@H](c3ccccn3)NC(=S)N2CCC(=O)Nc2ccccc2)o1. The Kier molecular flexibility index (Phi) is 7.02. The van der Waals surface area contributed by atoms with Gasteiger partial charge in [-0.3, -0.25) is 9.78 Å². The molecule has 5 rings (SSSR count). The maximum atomic E-state index is 12.7. The number of thiocarbonyl (C=S) groups is 1. The molecule has 1 aliphatic rings. The largest absolute Gasteiger partial charge is 0.459 e. The molecule has 0 spiro atoms. The highest BCUT2D eigenvalue weighted by Gasteiger charge is 2.41. The van der Waals surface area contributed by atoms with Crippen LogP contribution in [0, 0.1) is 6.92 Å². The van der Waals surface area contributed by atoms with E-state index in [9.17, 15) is 4.79 Å². The normalized spacial score (nSPS) is 17.2. The smallest absolute Gasteiger partial charge is 0.226 e. The summed E-state index contributed by atoms with van der Waals surface area (Å²) >= 11 is 12.0. The van der Waals surface area contributed by atoms with Crippen LogP contribution in [-0.2, 0) is 4.79 Å². The zero-order valence-corrected chi connectivity index (χ0v) is 21.2. The summed E-state index contributed by atoms with van der Waals surface area (Å²) in [6.07, 6.45) is 2.03. The van der Waals surface area contributed by atoms with Gasteiger partial charge in [0.25, 0.3) is 0 Å². The van der Waals surface area contributed by atoms with Crippen molar-refractivity contribution in [3.63, 3.8) is 0 Å². The van der Waals surface area contributed by atoms with Crippen LogP contribution in [0.5, 0.6) is 0 Å². The van der Waals surface area contributed by atoms with Gasteiger partial charge in [-0.05, 0) is 73.2 Å². The number of nitrogens with one attached hydrogen (secondary N) is 2. The number of amides is 1. The van der Waals surface area contributed by atoms with Gasteiger partial charge in [-0.25, -0.2) is 0 Å². The van der Waals surface area contributed by atoms with Crippen LogP contribution in [0.15, 0.2) is 89.5 Å². The standard InChI is InChI=1S/C28H25ClN4O2S/c1-18-10-11-19(29)17-21(18)23-12-13-24(35-23)27-26(22-9-5-6-15-30-22)32-28(36)33(27)16-14-25(34)31-20-7-3-2-4-8-20/h2-13,15,17,26-27H,14,16H2,1H3,(H,31,34)(H,32,36)/t26-,27-/m0/s1. The van der Waals surface area contributed by atoms with Gasteiger partial charge in [0.15, 0.2) is 5.11 Å². The lowest BCUT2D eigenvalue weighted by atomic mass is 10.0. The number of carbonyl (C=O) groups is 1. The zero-order valence-electron chi connectivity index (χ0n) is 19.6. The van der Waals surface area contributed by atoms with Crippen molar-refractivity contribution in [3.8, 4) is 11.3 Å². The monoisotopic (exact) mass is 516 g/mol. The highest BCUT2D eigenvalue weighted by molar-refractivity contribution is 7.80. The Morgan fingerprint density at radius 3 is 2.69 bits per heavy atom. The van der Waals surface area contributed by atoms with Crippen molar-refractivity contribution < 1.29 is 9.21 Å². The number of rotatable bonds is 7. The summed E-state index contributed by atoms with van der Waals surface area (Å²) in [4.78, 5) is 19.2. The Bertz CT molecular complexity index is 1380. The van der Waals surface area contributed by atoms with Crippen LogP contribution in [0.4, 0.5) is 5.69 Å². The first-order valence-electron chi connectivity index (χ1n) is 11.7. The molecule has 2 aromatic heterocycles. The number of hydrogen-bond donors (Lipinski definition) is 2. The quantitative estimate of drug-likeness (QED) is 0.281. The van der Waals surface area contributed by atoms with Gasteiger partial charge in [-0.15, -0.1) is 0 Å². The van der Waals surface area contributed by atoms with E-state index in [0.29, 0.717) is 16.7 Å². The summed E-state index contributed by atoms with van der Waals surface area (Å²) in [5.74, 6) is 1.37. The maximum Gasteiger partial charge on any atom is 0.226 e. The molecule has 2 aromatic carbocycles. The fourth-order valence-corrected chi connectivity index (χ4v) is 4.94. The Hall–Kier alpha value is -3.68. The predicted molar refractivity (Wildman–Crippen MR) is 146 cm³/mol. The summed E-state index contributed by atoms with van der Waals surface area (Å²) in [7, 11) is 0. The Morgan fingerprint density at radius 1 is 1.11 bits per heavy atom. The average molecular weight is 517 g/mol. The first-order valence-corrected chi connectivity index (χ1v) is 12.5. The molecule has 36 heavy (non-hydrogen) atoms. The van der Waals surface area contributed by atoms with Gasteiger partial charge >= 0.3 is 0 Å². The second kappa shape index (κ2) is 10.5. The highest BCUT2D eigenvalue weighted by Crippen LogP contribution is 2.41. The molecule has 2 atom stereocenters. The molecule has 1 amide bonds. The van der Waals surface area contributed by atoms with Gasteiger partial charge in [0.1, 0.15) is 17.6 Å². The van der Waals surface area contributed by atoms with E-state index in [0.717, 1.165) is 34.0 Å². The fraction of sp³-hybridized carbons (Fsp3) is 0.179. The van der Waals surface area contributed by atoms with Crippen LogP contribution in [0.3, 0.4) is 0 Å². The number of furan rings is 1. The van der Waals surface area contributed by atoms with Crippen molar-refractivity contribution >= 4 is 40.5 Å². The summed E-state index contributed by atoms with van der Waals surface area (Å²) in [6, 6.07) is 24.4. The number of anilines is 1. The summed E-state index contributed by atoms with van der Waals surface area (Å²) in [5, 5.41) is 7.54. The molecule has 3 heterocycles. The third-order valence-electron chi connectivity index (χ3n) is 6.22. The minimum absolute atomic E-state index is 0.0845. The molecule has 1 fully saturated rings. The molecule has 8 heteroatoms. The van der Waals surface area contributed by atoms with Gasteiger partial charge in [-0.1, -0.05) is 41.9 Å². The summed E-state index contributed by atoms with van der Waals surface area (Å²) < 4.78 is 6.39. The van der Waals surface area contributed by atoms with E-state index in [1.165, 1.54) is 0 Å². The second-order valence-corrected chi connectivity index (χ2v) is 9.47. The van der Waals surface area contributed by atoms with Gasteiger partial charge in [0.05, 0.1) is 11.7 Å². The van der Waals surface area contributed by atoms with Gasteiger partial charge < -0.3 is 20.0 Å². The molecular weight excluding hydrogens is 492 g/mol. The molecule has 0 aliphatic carbocycles. The molecule has 4 aromatic rings. The van der Waals surface area contributed by atoms with Crippen LogP contribution in [0.25, 0.3) is 11.3 Å². The van der Waals surface area contributed by atoms with Crippen LogP contribution in [0.1, 0.15) is 35.5 Å². The lowest BCUT2D eigenvalue weighted by molar-refractivity contribution is -0.116. The maximum absolute atomic E-state index is 12.7. The Morgan fingerprint density at radius 2 is 1.92 bits per heavy atom. The average Bonchev–Trinajstić information content (AvgIpc) is 3.50. The number of aryl methyl sites for hydroxylation is 1. The lowest BCUT2D eigenvalue weighted by Gasteiger charge is -2.25. The molecule has 0 saturated carbocycles. The number of pyridine rings is 1. The van der Waals surface area contributed by atoms with Crippen molar-refractivity contribution in [2.45, 2.75) is 25.4 Å². The molecule has 2 N–H and O–H groups in total. The first-order chi connectivity index (χ1) is 17.5. The fourth-order valence-electron chi connectivity index (χ4n) is 4.44. The van der Waals surface area contributed by atoms with E-state index >= 15 is 0 Å². The van der Waals surface area contributed by atoms with Crippen molar-refractivity contribution in [2.24, 2.45) is 0 Å². The summed E-state index contributed by atoms with van der Waals surface area (Å²) in [6.45, 7) is 2.44. The Balaban J connectivity index is 1.42. The molecule has 0 unspecified atom stereocenters. The van der Waals surface area contributed by atoms with E-state index in [1.807, 2.05) is 90.7 Å². The van der Waals surface area contributed by atoms with E-state index in [1.54, 1.807) is 6.20 Å². The van der Waals surface area contributed by atoms with Crippen LogP contribution in [-0.4, -0.2) is 27.4 Å². The third kappa shape index (κ3) is 5.12. The molecule has 182 valence electrons. The van der Waals surface area contributed by atoms with Crippen LogP contribution in [0.2, 0.25) is 5.02 Å². The van der Waals surface area contributed by atoms with E-state index in [4.69, 9.17) is 28.2 Å². The number of benzene rings is 2. The zero-order chi connectivity index (χ0) is 25.1. The van der Waals surface area contributed by atoms with Crippen LogP contribution < -0.4 is 10.6 Å². The van der Waals surface area contributed by atoms with E-state index < -0.39 is 0 Å². The number of aromatic nitrogens is 1. The lowest BCUT2D eigenvalue weighted by Crippen LogP contribution is -2.32. The number of para-hydroxylation sites is 1. The van der Waals surface area contributed by atoms with Crippen molar-refractivity contribution in [1.82, 2.24) is 15.2 Å². The van der Waals surface area contributed by atoms with Crippen LogP contribution >= 0.6 is 23.8 Å². The topological polar surface area (TPSA) is 70.4 Å². The van der Waals surface area contributed by atoms with Crippen molar-refractivity contribution in [2.75, 3.05) is 11.9 Å². The first kappa shape index (κ1) is 24.0. The summed E-state index contributed by atoms with van der Waals surface area (Å²) in [5.41, 5.74) is 3.61. The van der Waals surface area contributed by atoms with Gasteiger partial charge in [-0.2, -0.15) is 0 Å². The minimum Gasteiger partial charge on any atom is -0.459 e. The molecule has 1 saturated heterocycles. The Labute approximate surface area is 220 Å². The molecular formula is C28H25ClN4O2S. The second-order valence-electron chi connectivity index (χ2n) is 8.65. The minimum atomic E-state index is -0.273. The third-order valence-corrected chi connectivity index (χ3v) is 6.81. The molecule has 6 nitrogen and oxygen atoms in total.